The topological polar surface area (TPSA) is 72.9 Å². The van der Waals surface area contributed by atoms with Crippen LogP contribution in [0.5, 0.6) is 0 Å². The van der Waals surface area contributed by atoms with Crippen LogP contribution in [0.15, 0.2) is 54.6 Å². The lowest BCUT2D eigenvalue weighted by Crippen LogP contribution is -2.52. The number of likely N-dealkylation sites (N-methyl/N-ethyl adjacent to an activating group) is 1. The van der Waals surface area contributed by atoms with Crippen molar-refractivity contribution in [3.63, 3.8) is 0 Å². The number of hydrogen-bond acceptors (Lipinski definition) is 4. The number of amides is 2. The van der Waals surface area contributed by atoms with Crippen molar-refractivity contribution in [2.45, 2.75) is 70.0 Å². The first-order chi connectivity index (χ1) is 16.8. The van der Waals surface area contributed by atoms with Crippen LogP contribution in [0.25, 0.3) is 0 Å². The van der Waals surface area contributed by atoms with Gasteiger partial charge in [-0.1, -0.05) is 60.2 Å². The summed E-state index contributed by atoms with van der Waals surface area (Å²) >= 11 is 0. The molecular weight excluding hydrogens is 438 g/mol. The SMILES string of the molecule is Cc1cccc(CC2(N(C)C)CCC(NC(=O)CCC(=O)N(CCO)Cc3ccccc3)CC2)c1. The summed E-state index contributed by atoms with van der Waals surface area (Å²) in [7, 11) is 4.32. The molecule has 0 radical (unpaired) electrons. The number of aliphatic hydroxyl groups excluding tert-OH is 1. The second-order valence-corrected chi connectivity index (χ2v) is 10.2. The number of rotatable bonds is 11. The Morgan fingerprint density at radius 3 is 2.31 bits per heavy atom. The maximum absolute atomic E-state index is 12.7. The van der Waals surface area contributed by atoms with Gasteiger partial charge in [-0.15, -0.1) is 0 Å². The predicted octanol–water partition coefficient (Wildman–Crippen LogP) is 3.70. The van der Waals surface area contributed by atoms with Crippen LogP contribution >= 0.6 is 0 Å². The summed E-state index contributed by atoms with van der Waals surface area (Å²) in [4.78, 5) is 29.3. The van der Waals surface area contributed by atoms with E-state index in [1.54, 1.807) is 4.90 Å². The number of carbonyl (C=O) groups is 2. The van der Waals surface area contributed by atoms with Crippen molar-refractivity contribution >= 4 is 11.8 Å². The van der Waals surface area contributed by atoms with Gasteiger partial charge >= 0.3 is 0 Å². The molecule has 2 amide bonds. The molecule has 0 saturated heterocycles. The van der Waals surface area contributed by atoms with E-state index in [0.29, 0.717) is 6.54 Å². The van der Waals surface area contributed by atoms with E-state index in [1.807, 2.05) is 30.3 Å². The quantitative estimate of drug-likeness (QED) is 0.516. The van der Waals surface area contributed by atoms with Gasteiger partial charge in [0.15, 0.2) is 0 Å². The van der Waals surface area contributed by atoms with Gasteiger partial charge < -0.3 is 20.2 Å². The van der Waals surface area contributed by atoms with Crippen LogP contribution in [-0.2, 0) is 22.6 Å². The zero-order valence-corrected chi connectivity index (χ0v) is 21.5. The molecular formula is C29H41N3O3. The molecule has 2 N–H and O–H groups in total. The number of benzene rings is 2. The molecule has 0 spiro atoms. The summed E-state index contributed by atoms with van der Waals surface area (Å²) in [5.41, 5.74) is 3.76. The van der Waals surface area contributed by atoms with Gasteiger partial charge in [0, 0.05) is 37.5 Å². The Morgan fingerprint density at radius 1 is 1.00 bits per heavy atom. The molecule has 6 heteroatoms. The van der Waals surface area contributed by atoms with E-state index >= 15 is 0 Å². The molecule has 0 bridgehead atoms. The normalized spacial score (nSPS) is 20.0. The summed E-state index contributed by atoms with van der Waals surface area (Å²) in [6.45, 7) is 2.75. The highest BCUT2D eigenvalue weighted by Crippen LogP contribution is 2.35. The summed E-state index contributed by atoms with van der Waals surface area (Å²) in [5, 5.41) is 12.5. The molecule has 2 aromatic rings. The highest BCUT2D eigenvalue weighted by molar-refractivity contribution is 5.84. The third kappa shape index (κ3) is 7.91. The molecule has 0 heterocycles. The molecule has 0 aromatic heterocycles. The first-order valence-corrected chi connectivity index (χ1v) is 12.8. The Labute approximate surface area is 210 Å². The molecule has 0 atom stereocenters. The summed E-state index contributed by atoms with van der Waals surface area (Å²) in [6, 6.07) is 18.6. The van der Waals surface area contributed by atoms with Gasteiger partial charge in [-0.25, -0.2) is 0 Å². The van der Waals surface area contributed by atoms with Gasteiger partial charge in [0.05, 0.1) is 6.61 Å². The third-order valence-electron chi connectivity index (χ3n) is 7.35. The maximum Gasteiger partial charge on any atom is 0.223 e. The second kappa shape index (κ2) is 12.8. The fourth-order valence-electron chi connectivity index (χ4n) is 5.18. The largest absolute Gasteiger partial charge is 0.395 e. The standard InChI is InChI=1S/C29H41N3O3/c1-23-8-7-11-25(20-23)21-29(31(2)3)16-14-26(15-17-29)30-27(34)12-13-28(35)32(18-19-33)22-24-9-5-4-6-10-24/h4-11,20,26,33H,12-19,21-22H2,1-3H3,(H,30,34). The molecule has 1 fully saturated rings. The number of aliphatic hydroxyl groups is 1. The Morgan fingerprint density at radius 2 is 1.69 bits per heavy atom. The summed E-state index contributed by atoms with van der Waals surface area (Å²) < 4.78 is 0. The van der Waals surface area contributed by atoms with Crippen molar-refractivity contribution in [1.82, 2.24) is 15.1 Å². The Kier molecular flexibility index (Phi) is 9.87. The zero-order chi connectivity index (χ0) is 25.3. The Bertz CT molecular complexity index is 953. The van der Waals surface area contributed by atoms with Crippen molar-refractivity contribution in [3.05, 3.63) is 71.3 Å². The molecule has 1 aliphatic rings. The number of hydrogen-bond donors (Lipinski definition) is 2. The lowest BCUT2D eigenvalue weighted by Gasteiger charge is -2.45. The Hall–Kier alpha value is -2.70. The molecule has 0 unspecified atom stereocenters. The lowest BCUT2D eigenvalue weighted by atomic mass is 9.74. The average molecular weight is 480 g/mol. The monoisotopic (exact) mass is 479 g/mol. The molecule has 190 valence electrons. The fourth-order valence-corrected chi connectivity index (χ4v) is 5.18. The minimum absolute atomic E-state index is 0.0666. The van der Waals surface area contributed by atoms with Crippen LogP contribution in [0.2, 0.25) is 0 Å². The number of carbonyl (C=O) groups excluding carboxylic acids is 2. The lowest BCUT2D eigenvalue weighted by molar-refractivity contribution is -0.134. The number of aryl methyl sites for hydroxylation is 1. The third-order valence-corrected chi connectivity index (χ3v) is 7.35. The zero-order valence-electron chi connectivity index (χ0n) is 21.5. The molecule has 2 aromatic carbocycles. The van der Waals surface area contributed by atoms with Crippen molar-refractivity contribution in [3.8, 4) is 0 Å². The van der Waals surface area contributed by atoms with Crippen LogP contribution in [0.1, 0.15) is 55.2 Å². The van der Waals surface area contributed by atoms with E-state index in [2.05, 4.69) is 55.5 Å². The first-order valence-electron chi connectivity index (χ1n) is 12.8. The van der Waals surface area contributed by atoms with E-state index < -0.39 is 0 Å². The van der Waals surface area contributed by atoms with Crippen molar-refractivity contribution in [1.29, 1.82) is 0 Å². The van der Waals surface area contributed by atoms with Gasteiger partial charge in [-0.3, -0.25) is 9.59 Å². The van der Waals surface area contributed by atoms with E-state index in [4.69, 9.17) is 0 Å². The summed E-state index contributed by atoms with van der Waals surface area (Å²) in [5.74, 6) is -0.172. The van der Waals surface area contributed by atoms with Gasteiger partial charge in [-0.2, -0.15) is 0 Å². The maximum atomic E-state index is 12.7. The van der Waals surface area contributed by atoms with Crippen LogP contribution in [-0.4, -0.2) is 65.5 Å². The smallest absolute Gasteiger partial charge is 0.223 e. The average Bonchev–Trinajstić information content (AvgIpc) is 2.84. The van der Waals surface area contributed by atoms with Gasteiger partial charge in [-0.05, 0) is 64.3 Å². The molecule has 3 rings (SSSR count). The molecule has 35 heavy (non-hydrogen) atoms. The summed E-state index contributed by atoms with van der Waals surface area (Å²) in [6.07, 6.45) is 5.27. The highest BCUT2D eigenvalue weighted by Gasteiger charge is 2.37. The Balaban J connectivity index is 1.47. The molecule has 0 aliphatic heterocycles. The van der Waals surface area contributed by atoms with Crippen molar-refractivity contribution < 1.29 is 14.7 Å². The number of nitrogens with one attached hydrogen (secondary N) is 1. The minimum atomic E-state index is -0.105. The predicted molar refractivity (Wildman–Crippen MR) is 140 cm³/mol. The van der Waals surface area contributed by atoms with E-state index in [-0.39, 0.29) is 49.4 Å². The van der Waals surface area contributed by atoms with Crippen LogP contribution in [0.4, 0.5) is 0 Å². The van der Waals surface area contributed by atoms with Crippen molar-refractivity contribution in [2.24, 2.45) is 0 Å². The van der Waals surface area contributed by atoms with Gasteiger partial charge in [0.1, 0.15) is 0 Å². The molecule has 1 saturated carbocycles. The fraction of sp³-hybridized carbons (Fsp3) is 0.517. The van der Waals surface area contributed by atoms with Crippen LogP contribution in [0.3, 0.4) is 0 Å². The van der Waals surface area contributed by atoms with E-state index in [9.17, 15) is 14.7 Å². The molecule has 6 nitrogen and oxygen atoms in total. The van der Waals surface area contributed by atoms with Gasteiger partial charge in [0.2, 0.25) is 11.8 Å². The van der Waals surface area contributed by atoms with Crippen LogP contribution < -0.4 is 5.32 Å². The van der Waals surface area contributed by atoms with Crippen LogP contribution in [0, 0.1) is 6.92 Å². The second-order valence-electron chi connectivity index (χ2n) is 10.2. The number of nitrogens with zero attached hydrogens (tertiary/aromatic N) is 2. The first kappa shape index (κ1) is 26.9. The van der Waals surface area contributed by atoms with E-state index in [1.165, 1.54) is 11.1 Å². The molecule has 1 aliphatic carbocycles. The van der Waals surface area contributed by atoms with Gasteiger partial charge in [0.25, 0.3) is 0 Å². The highest BCUT2D eigenvalue weighted by atomic mass is 16.3. The van der Waals surface area contributed by atoms with E-state index in [0.717, 1.165) is 37.7 Å². The minimum Gasteiger partial charge on any atom is -0.395 e. The van der Waals surface area contributed by atoms with Crippen molar-refractivity contribution in [2.75, 3.05) is 27.2 Å².